The first kappa shape index (κ1) is 11.1. The Morgan fingerprint density at radius 1 is 1.44 bits per heavy atom. The predicted octanol–water partition coefficient (Wildman–Crippen LogP) is 1.16. The van der Waals surface area contributed by atoms with Crippen LogP contribution in [0.2, 0.25) is 0 Å². The van der Waals surface area contributed by atoms with Gasteiger partial charge in [-0.3, -0.25) is 4.79 Å². The van der Waals surface area contributed by atoms with E-state index in [4.69, 9.17) is 0 Å². The minimum atomic E-state index is 0.116. The van der Waals surface area contributed by atoms with Gasteiger partial charge in [-0.25, -0.2) is 0 Å². The standard InChI is InChI=1S/C13H18N2O/c1-10(12-8-14-9-12)13(16)15-7-11-5-3-2-4-6-11/h2-6,10,12,14H,7-9H2,1H3,(H,15,16). The van der Waals surface area contributed by atoms with Crippen LogP contribution in [0.15, 0.2) is 30.3 Å². The third kappa shape index (κ3) is 2.61. The fourth-order valence-corrected chi connectivity index (χ4v) is 1.82. The fourth-order valence-electron chi connectivity index (χ4n) is 1.82. The molecule has 1 fully saturated rings. The quantitative estimate of drug-likeness (QED) is 0.796. The molecule has 3 heteroatoms. The second-order valence-electron chi connectivity index (χ2n) is 4.41. The zero-order chi connectivity index (χ0) is 11.4. The summed E-state index contributed by atoms with van der Waals surface area (Å²) < 4.78 is 0. The molecule has 3 nitrogen and oxygen atoms in total. The maximum atomic E-state index is 11.8. The summed E-state index contributed by atoms with van der Waals surface area (Å²) in [6.45, 7) is 4.58. The third-order valence-electron chi connectivity index (χ3n) is 3.24. The van der Waals surface area contributed by atoms with Gasteiger partial charge in [0.05, 0.1) is 0 Å². The van der Waals surface area contributed by atoms with Crippen molar-refractivity contribution in [3.8, 4) is 0 Å². The number of carbonyl (C=O) groups is 1. The average molecular weight is 218 g/mol. The Labute approximate surface area is 96.2 Å². The summed E-state index contributed by atoms with van der Waals surface area (Å²) in [6, 6.07) is 10.0. The summed E-state index contributed by atoms with van der Waals surface area (Å²) in [5, 5.41) is 6.17. The van der Waals surface area contributed by atoms with Gasteiger partial charge in [-0.15, -0.1) is 0 Å². The van der Waals surface area contributed by atoms with E-state index in [0.29, 0.717) is 12.5 Å². The molecule has 1 aliphatic rings. The van der Waals surface area contributed by atoms with Crippen molar-refractivity contribution < 1.29 is 4.79 Å². The van der Waals surface area contributed by atoms with Crippen LogP contribution in [0.4, 0.5) is 0 Å². The molecule has 1 saturated heterocycles. The molecule has 1 heterocycles. The van der Waals surface area contributed by atoms with Gasteiger partial charge >= 0.3 is 0 Å². The molecule has 1 unspecified atom stereocenters. The molecule has 1 amide bonds. The van der Waals surface area contributed by atoms with Gasteiger partial charge in [-0.2, -0.15) is 0 Å². The Morgan fingerprint density at radius 3 is 2.69 bits per heavy atom. The number of carbonyl (C=O) groups excluding carboxylic acids is 1. The SMILES string of the molecule is CC(C(=O)NCc1ccccc1)C1CNC1. The molecular weight excluding hydrogens is 200 g/mol. The molecule has 0 saturated carbocycles. The first-order chi connectivity index (χ1) is 7.77. The molecule has 16 heavy (non-hydrogen) atoms. The van der Waals surface area contributed by atoms with Crippen LogP contribution < -0.4 is 10.6 Å². The number of rotatable bonds is 4. The molecule has 1 aromatic carbocycles. The van der Waals surface area contributed by atoms with Gasteiger partial charge in [0.1, 0.15) is 0 Å². The normalized spacial score (nSPS) is 17.6. The number of hydrogen-bond donors (Lipinski definition) is 2. The van der Waals surface area contributed by atoms with Crippen molar-refractivity contribution in [2.75, 3.05) is 13.1 Å². The van der Waals surface area contributed by atoms with Crippen LogP contribution in [0, 0.1) is 11.8 Å². The second kappa shape index (κ2) is 5.12. The summed E-state index contributed by atoms with van der Waals surface area (Å²) in [5.74, 6) is 0.788. The summed E-state index contributed by atoms with van der Waals surface area (Å²) in [4.78, 5) is 11.8. The van der Waals surface area contributed by atoms with Crippen molar-refractivity contribution in [1.82, 2.24) is 10.6 Å². The smallest absolute Gasteiger partial charge is 0.223 e. The maximum Gasteiger partial charge on any atom is 0.223 e. The molecule has 0 spiro atoms. The minimum Gasteiger partial charge on any atom is -0.352 e. The fraction of sp³-hybridized carbons (Fsp3) is 0.462. The van der Waals surface area contributed by atoms with E-state index < -0.39 is 0 Å². The lowest BCUT2D eigenvalue weighted by Gasteiger charge is -2.31. The van der Waals surface area contributed by atoms with E-state index in [1.807, 2.05) is 37.3 Å². The zero-order valence-electron chi connectivity index (χ0n) is 9.57. The molecule has 0 aromatic heterocycles. The number of amides is 1. The molecule has 2 N–H and O–H groups in total. The van der Waals surface area contributed by atoms with Crippen LogP contribution in [-0.2, 0) is 11.3 Å². The molecule has 1 aromatic rings. The molecule has 1 aliphatic heterocycles. The van der Waals surface area contributed by atoms with Crippen LogP contribution in [0.1, 0.15) is 12.5 Å². The first-order valence-corrected chi connectivity index (χ1v) is 5.79. The highest BCUT2D eigenvalue weighted by Crippen LogP contribution is 2.15. The van der Waals surface area contributed by atoms with E-state index in [2.05, 4.69) is 10.6 Å². The van der Waals surface area contributed by atoms with E-state index in [-0.39, 0.29) is 11.8 Å². The van der Waals surface area contributed by atoms with Gasteiger partial charge in [-0.05, 0) is 24.6 Å². The van der Waals surface area contributed by atoms with E-state index in [1.165, 1.54) is 0 Å². The highest BCUT2D eigenvalue weighted by Gasteiger charge is 2.28. The van der Waals surface area contributed by atoms with Crippen LogP contribution in [0.3, 0.4) is 0 Å². The van der Waals surface area contributed by atoms with Crippen LogP contribution >= 0.6 is 0 Å². The summed E-state index contributed by atoms with van der Waals surface area (Å²) in [7, 11) is 0. The van der Waals surface area contributed by atoms with E-state index in [1.54, 1.807) is 0 Å². The average Bonchev–Trinajstić information content (AvgIpc) is 2.25. The lowest BCUT2D eigenvalue weighted by Crippen LogP contribution is -2.49. The topological polar surface area (TPSA) is 41.1 Å². The van der Waals surface area contributed by atoms with Crippen molar-refractivity contribution in [1.29, 1.82) is 0 Å². The maximum absolute atomic E-state index is 11.8. The van der Waals surface area contributed by atoms with Crippen molar-refractivity contribution in [2.24, 2.45) is 11.8 Å². The van der Waals surface area contributed by atoms with Crippen molar-refractivity contribution in [2.45, 2.75) is 13.5 Å². The number of benzene rings is 1. The van der Waals surface area contributed by atoms with Crippen LogP contribution in [0.5, 0.6) is 0 Å². The largest absolute Gasteiger partial charge is 0.352 e. The van der Waals surface area contributed by atoms with E-state index >= 15 is 0 Å². The summed E-state index contributed by atoms with van der Waals surface area (Å²) >= 11 is 0. The Balaban J connectivity index is 1.79. The number of hydrogen-bond acceptors (Lipinski definition) is 2. The summed E-state index contributed by atoms with van der Waals surface area (Å²) in [5.41, 5.74) is 1.15. The molecule has 0 radical (unpaired) electrons. The Bertz CT molecular complexity index is 346. The zero-order valence-corrected chi connectivity index (χ0v) is 9.57. The van der Waals surface area contributed by atoms with Gasteiger partial charge in [0.15, 0.2) is 0 Å². The van der Waals surface area contributed by atoms with E-state index in [0.717, 1.165) is 18.7 Å². The predicted molar refractivity (Wildman–Crippen MR) is 63.8 cm³/mol. The van der Waals surface area contributed by atoms with Gasteiger partial charge in [0.25, 0.3) is 0 Å². The molecular formula is C13H18N2O. The van der Waals surface area contributed by atoms with Gasteiger partial charge in [0.2, 0.25) is 5.91 Å². The minimum absolute atomic E-state index is 0.116. The third-order valence-corrected chi connectivity index (χ3v) is 3.24. The monoisotopic (exact) mass is 218 g/mol. The van der Waals surface area contributed by atoms with Crippen LogP contribution in [-0.4, -0.2) is 19.0 Å². The molecule has 0 aliphatic carbocycles. The van der Waals surface area contributed by atoms with E-state index in [9.17, 15) is 4.79 Å². The highest BCUT2D eigenvalue weighted by atomic mass is 16.1. The Morgan fingerprint density at radius 2 is 2.12 bits per heavy atom. The summed E-state index contributed by atoms with van der Waals surface area (Å²) in [6.07, 6.45) is 0. The van der Waals surface area contributed by atoms with Gasteiger partial charge in [0, 0.05) is 12.5 Å². The van der Waals surface area contributed by atoms with Crippen LogP contribution in [0.25, 0.3) is 0 Å². The van der Waals surface area contributed by atoms with Crippen molar-refractivity contribution >= 4 is 5.91 Å². The first-order valence-electron chi connectivity index (χ1n) is 5.79. The van der Waals surface area contributed by atoms with Crippen molar-refractivity contribution in [3.05, 3.63) is 35.9 Å². The van der Waals surface area contributed by atoms with Crippen molar-refractivity contribution in [3.63, 3.8) is 0 Å². The van der Waals surface area contributed by atoms with Gasteiger partial charge in [-0.1, -0.05) is 37.3 Å². The Hall–Kier alpha value is -1.35. The van der Waals surface area contributed by atoms with Gasteiger partial charge < -0.3 is 10.6 Å². The highest BCUT2D eigenvalue weighted by molar-refractivity contribution is 5.78. The lowest BCUT2D eigenvalue weighted by atomic mass is 9.88. The molecule has 0 bridgehead atoms. The number of nitrogens with one attached hydrogen (secondary N) is 2. The Kier molecular flexibility index (Phi) is 3.57. The molecule has 86 valence electrons. The lowest BCUT2D eigenvalue weighted by molar-refractivity contribution is -0.126. The molecule has 2 rings (SSSR count). The molecule has 1 atom stereocenters. The second-order valence-corrected chi connectivity index (χ2v) is 4.41.